The third-order valence-electron chi connectivity index (χ3n) is 22.1. The lowest BCUT2D eigenvalue weighted by Gasteiger charge is -2.51. The Kier molecular flexibility index (Phi) is 9.77. The minimum atomic E-state index is -0.661. The van der Waals surface area contributed by atoms with Gasteiger partial charge in [0.15, 0.2) is 0 Å². The highest BCUT2D eigenvalue weighted by Crippen LogP contribution is 2.65. The van der Waals surface area contributed by atoms with Gasteiger partial charge in [-0.3, -0.25) is 0 Å². The van der Waals surface area contributed by atoms with Crippen molar-refractivity contribution in [2.45, 2.75) is 49.4 Å². The molecule has 1 atom stereocenters. The number of fused-ring (bicyclic) bond motifs is 26. The first kappa shape index (κ1) is 50.2. The van der Waals surface area contributed by atoms with Gasteiger partial charge in [-0.15, -0.1) is 0 Å². The molecule has 1 unspecified atom stereocenters. The van der Waals surface area contributed by atoms with E-state index in [0.717, 1.165) is 0 Å². The van der Waals surface area contributed by atoms with Gasteiger partial charge in [0.25, 0.3) is 0 Å². The molecule has 0 radical (unpaired) electrons. The second-order valence-electron chi connectivity index (χ2n) is 27.0. The molecular weight excluding hydrogens is 1080 g/mol. The van der Waals surface area contributed by atoms with Crippen LogP contribution in [-0.2, 0) is 21.7 Å². The minimum Gasteiger partial charge on any atom is -0.309 e. The van der Waals surface area contributed by atoms with Crippen molar-refractivity contribution in [2.75, 3.05) is 0 Å². The topological polar surface area (TPSA) is 9.86 Å². The van der Waals surface area contributed by atoms with Crippen LogP contribution in [0.1, 0.15) is 94.5 Å². The van der Waals surface area contributed by atoms with Crippen LogP contribution in [0.2, 0.25) is 0 Å². The number of rotatable bonds is 3. The summed E-state index contributed by atoms with van der Waals surface area (Å²) in [5, 5.41) is 10.2. The molecule has 2 aliphatic carbocycles. The molecule has 90 heavy (non-hydrogen) atoms. The second-order valence-corrected chi connectivity index (χ2v) is 27.0. The monoisotopic (exact) mass is 1140 g/mol. The highest BCUT2D eigenvalue weighted by atomic mass is 15.0. The molecule has 2 heteroatoms. The Morgan fingerprint density at radius 2 is 0.633 bits per heavy atom. The van der Waals surface area contributed by atoms with Gasteiger partial charge in [0.05, 0.1) is 44.3 Å². The number of nitrogens with zero attached hydrogens (tertiary/aromatic N) is 2. The molecule has 4 aliphatic rings. The van der Waals surface area contributed by atoms with Crippen LogP contribution in [0, 0.1) is 0 Å². The van der Waals surface area contributed by atoms with Crippen molar-refractivity contribution < 1.29 is 0 Å². The second kappa shape index (κ2) is 17.5. The summed E-state index contributed by atoms with van der Waals surface area (Å²) in [6.45, 7) is 9.88. The fourth-order valence-electron chi connectivity index (χ4n) is 18.5. The fourth-order valence-corrected chi connectivity index (χ4v) is 18.5. The van der Waals surface area contributed by atoms with E-state index in [1.165, 1.54) is 177 Å². The Morgan fingerprint density at radius 3 is 1.26 bits per heavy atom. The molecule has 4 heterocycles. The molecule has 0 saturated heterocycles. The van der Waals surface area contributed by atoms with Crippen molar-refractivity contribution in [2.24, 2.45) is 0 Å². The zero-order chi connectivity index (χ0) is 59.6. The summed E-state index contributed by atoms with van der Waals surface area (Å²) in [6, 6.07) is 112. The lowest BCUT2D eigenvalue weighted by atomic mass is 9.52. The zero-order valence-electron chi connectivity index (χ0n) is 50.6. The largest absolute Gasteiger partial charge is 0.309 e. The summed E-state index contributed by atoms with van der Waals surface area (Å²) in [5.41, 5.74) is 28.9. The van der Waals surface area contributed by atoms with Crippen molar-refractivity contribution in [1.29, 1.82) is 0 Å². The number of hydrogen-bond acceptors (Lipinski definition) is 0. The van der Waals surface area contributed by atoms with Gasteiger partial charge in [-0.05, 0) is 164 Å². The molecule has 0 N–H and O–H groups in total. The van der Waals surface area contributed by atoms with Gasteiger partial charge >= 0.3 is 0 Å². The molecular formula is C88H60N2. The first-order valence-corrected chi connectivity index (χ1v) is 32.0. The van der Waals surface area contributed by atoms with Crippen LogP contribution < -0.4 is 0 Å². The molecule has 0 fully saturated rings. The van der Waals surface area contributed by atoms with Crippen LogP contribution in [0.4, 0.5) is 0 Å². The van der Waals surface area contributed by atoms with Crippen LogP contribution in [0.3, 0.4) is 0 Å². The zero-order valence-corrected chi connectivity index (χ0v) is 50.6. The maximum absolute atomic E-state index is 2.63. The highest BCUT2D eigenvalue weighted by molar-refractivity contribution is 6.15. The minimum absolute atomic E-state index is 0.287. The van der Waals surface area contributed by atoms with Crippen molar-refractivity contribution in [3.8, 4) is 44.8 Å². The van der Waals surface area contributed by atoms with Crippen LogP contribution in [0.5, 0.6) is 0 Å². The van der Waals surface area contributed by atoms with E-state index >= 15 is 0 Å². The van der Waals surface area contributed by atoms with E-state index in [4.69, 9.17) is 0 Å². The summed E-state index contributed by atoms with van der Waals surface area (Å²) in [5.74, 6) is 0. The third kappa shape index (κ3) is 6.09. The third-order valence-corrected chi connectivity index (χ3v) is 22.1. The highest BCUT2D eigenvalue weighted by Gasteiger charge is 2.55. The van der Waals surface area contributed by atoms with Gasteiger partial charge in [0.1, 0.15) is 0 Å². The molecule has 0 bridgehead atoms. The predicted octanol–water partition coefficient (Wildman–Crippen LogP) is 21.9. The molecule has 2 spiro atoms. The maximum atomic E-state index is 2.63. The van der Waals surface area contributed by atoms with Gasteiger partial charge < -0.3 is 9.13 Å². The van der Waals surface area contributed by atoms with Gasteiger partial charge in [-0.1, -0.05) is 276 Å². The van der Waals surface area contributed by atoms with E-state index < -0.39 is 16.2 Å². The Bertz CT molecular complexity index is 5760. The average Bonchev–Trinajstić information content (AvgIpc) is 1.09. The van der Waals surface area contributed by atoms with Crippen molar-refractivity contribution in [1.82, 2.24) is 9.13 Å². The molecule has 2 aromatic heterocycles. The van der Waals surface area contributed by atoms with E-state index in [0.29, 0.717) is 0 Å². The smallest absolute Gasteiger partial charge is 0.0748 e. The van der Waals surface area contributed by atoms with E-state index in [9.17, 15) is 0 Å². The first-order chi connectivity index (χ1) is 44.2. The Morgan fingerprint density at radius 1 is 0.222 bits per heavy atom. The quantitative estimate of drug-likeness (QED) is 0.167. The lowest BCUT2D eigenvalue weighted by Crippen LogP contribution is -2.44. The number of benzene rings is 14. The molecule has 0 saturated carbocycles. The number of hydrogen-bond donors (Lipinski definition) is 0. The average molecular weight is 1150 g/mol. The summed E-state index contributed by atoms with van der Waals surface area (Å²) in [4.78, 5) is 0. The van der Waals surface area contributed by atoms with Crippen molar-refractivity contribution in [3.63, 3.8) is 0 Å². The van der Waals surface area contributed by atoms with E-state index in [1.807, 2.05) is 0 Å². The number of para-hydroxylation sites is 5. The van der Waals surface area contributed by atoms with Gasteiger partial charge in [0, 0.05) is 32.4 Å². The molecule has 0 amide bonds. The first-order valence-electron chi connectivity index (χ1n) is 32.0. The van der Waals surface area contributed by atoms with Gasteiger partial charge in [-0.25, -0.2) is 0 Å². The van der Waals surface area contributed by atoms with Crippen molar-refractivity contribution in [3.05, 3.63) is 358 Å². The molecule has 2 aliphatic heterocycles. The summed E-state index contributed by atoms with van der Waals surface area (Å²) >= 11 is 0. The predicted molar refractivity (Wildman–Crippen MR) is 374 cm³/mol. The SMILES string of the molecule is CC1(C)c2ccc(-c3ccccc3)cc2C2(c3ccccc3-n3c4cc(-c5ccc6ccc7c(c6c5)C(C)(C)c5c(ccc6ccccc56)C75c6ccccc6-n6c7ccccc7c7cccc5c76)ccc4c4cccc2c43)c2cc(-c3ccccc3)ccc21. The Hall–Kier alpha value is -10.8. The molecule has 422 valence electrons. The summed E-state index contributed by atoms with van der Waals surface area (Å²) in [7, 11) is 0. The summed E-state index contributed by atoms with van der Waals surface area (Å²) < 4.78 is 5.19. The molecule has 2 nitrogen and oxygen atoms in total. The van der Waals surface area contributed by atoms with Crippen LogP contribution >= 0.6 is 0 Å². The van der Waals surface area contributed by atoms with E-state index in [2.05, 4.69) is 328 Å². The van der Waals surface area contributed by atoms with E-state index in [-0.39, 0.29) is 5.41 Å². The normalized spacial score (nSPS) is 16.5. The fraction of sp³-hybridized carbons (Fsp3) is 0.0909. The van der Waals surface area contributed by atoms with Gasteiger partial charge in [-0.2, -0.15) is 0 Å². The standard InChI is InChI=1S/C88H60N2/c1-85(2)67-45-42-58(53-21-7-5-8-22-53)50-75(67)88(76-51-59(43-46-68(76)85)54-23-9-6-10-24-54)70-31-15-18-36-79(70)90-80-52-60(39-44-63(80)65-29-20-33-74(88)84(65)90)57-38-37-56-41-48-72-82(66(56)49-57)86(3,4)81-61-26-12-11-25-55(61)40-47-71(81)87(72)69-30-14-17-35-78(69)89-77-34-16-13-27-62(77)64-28-19-32-73(87)83(64)89/h5-52H,1-4H3. The number of aromatic nitrogens is 2. The Labute approximate surface area is 523 Å². The van der Waals surface area contributed by atoms with Crippen LogP contribution in [0.15, 0.2) is 291 Å². The van der Waals surface area contributed by atoms with E-state index in [1.54, 1.807) is 0 Å². The van der Waals surface area contributed by atoms with Crippen LogP contribution in [0.25, 0.3) is 110 Å². The lowest BCUT2D eigenvalue weighted by molar-refractivity contribution is 0.556. The van der Waals surface area contributed by atoms with Crippen LogP contribution in [-0.4, -0.2) is 9.13 Å². The van der Waals surface area contributed by atoms with Gasteiger partial charge in [0.2, 0.25) is 0 Å². The maximum Gasteiger partial charge on any atom is 0.0748 e. The van der Waals surface area contributed by atoms with Crippen molar-refractivity contribution >= 4 is 65.2 Å². The molecule has 14 aromatic carbocycles. The molecule has 20 rings (SSSR count). The Balaban J connectivity index is 0.853. The summed E-state index contributed by atoms with van der Waals surface area (Å²) in [6.07, 6.45) is 0. The molecule has 16 aromatic rings.